The van der Waals surface area contributed by atoms with Gasteiger partial charge in [-0.3, -0.25) is 4.79 Å². The highest BCUT2D eigenvalue weighted by Crippen LogP contribution is 2.14. The Morgan fingerprint density at radius 1 is 1.57 bits per heavy atom. The topological polar surface area (TPSA) is 59.2 Å². The Morgan fingerprint density at radius 3 is 3.00 bits per heavy atom. The van der Waals surface area contributed by atoms with E-state index in [0.29, 0.717) is 17.4 Å². The second-order valence-electron chi connectivity index (χ2n) is 3.08. The van der Waals surface area contributed by atoms with Crippen molar-refractivity contribution < 1.29 is 4.79 Å². The summed E-state index contributed by atoms with van der Waals surface area (Å²) in [5.41, 5.74) is 5.93. The molecular formula is C9H11N3OS. The zero-order valence-electron chi connectivity index (χ0n) is 7.64. The van der Waals surface area contributed by atoms with Gasteiger partial charge in [-0.2, -0.15) is 0 Å². The Bertz CT molecular complexity index is 372. The predicted octanol–water partition coefficient (Wildman–Crippen LogP) is 1.13. The Labute approximate surface area is 86.0 Å². The molecule has 0 unspecified atom stereocenters. The molecule has 0 atom stereocenters. The molecule has 1 amide bonds. The third-order valence-corrected chi connectivity index (χ3v) is 2.76. The number of aromatic nitrogens is 1. The fraction of sp³-hybridized carbons (Fsp3) is 0.333. The third-order valence-electron chi connectivity index (χ3n) is 2.09. The first-order valence-electron chi connectivity index (χ1n) is 4.42. The minimum atomic E-state index is -0.0256. The molecule has 1 aromatic rings. The first kappa shape index (κ1) is 9.21. The van der Waals surface area contributed by atoms with Gasteiger partial charge in [-0.25, -0.2) is 4.98 Å². The summed E-state index contributed by atoms with van der Waals surface area (Å²) in [7, 11) is 0. The van der Waals surface area contributed by atoms with Crippen LogP contribution < -0.4 is 5.73 Å². The standard InChI is InChI=1S/C9H11N3OS/c10-9-11-7(6-14-9)8(13)12-4-2-1-3-5-12/h1-2,6H,3-5H2,(H2,10,11). The molecule has 2 heterocycles. The molecule has 2 N–H and O–H groups in total. The monoisotopic (exact) mass is 209 g/mol. The van der Waals surface area contributed by atoms with Crippen molar-refractivity contribution in [1.82, 2.24) is 9.88 Å². The molecule has 1 aliphatic heterocycles. The molecule has 0 fully saturated rings. The van der Waals surface area contributed by atoms with Crippen molar-refractivity contribution in [1.29, 1.82) is 0 Å². The van der Waals surface area contributed by atoms with Crippen LogP contribution in [0.3, 0.4) is 0 Å². The Kier molecular flexibility index (Phi) is 2.49. The van der Waals surface area contributed by atoms with E-state index in [4.69, 9.17) is 5.73 Å². The summed E-state index contributed by atoms with van der Waals surface area (Å²) in [4.78, 5) is 17.5. The first-order valence-corrected chi connectivity index (χ1v) is 5.30. The number of anilines is 1. The summed E-state index contributed by atoms with van der Waals surface area (Å²) in [6.07, 6.45) is 5.00. The van der Waals surface area contributed by atoms with Crippen molar-refractivity contribution in [3.05, 3.63) is 23.2 Å². The highest BCUT2D eigenvalue weighted by Gasteiger charge is 2.17. The smallest absolute Gasteiger partial charge is 0.273 e. The maximum atomic E-state index is 11.8. The lowest BCUT2D eigenvalue weighted by atomic mass is 10.2. The van der Waals surface area contributed by atoms with Crippen LogP contribution in [0.15, 0.2) is 17.5 Å². The first-order chi connectivity index (χ1) is 6.77. The summed E-state index contributed by atoms with van der Waals surface area (Å²) in [6, 6.07) is 0. The van der Waals surface area contributed by atoms with E-state index in [9.17, 15) is 4.79 Å². The molecule has 74 valence electrons. The molecule has 0 radical (unpaired) electrons. The number of hydrogen-bond donors (Lipinski definition) is 1. The SMILES string of the molecule is Nc1nc(C(=O)N2CC=CCC2)cs1. The van der Waals surface area contributed by atoms with Crippen molar-refractivity contribution in [2.45, 2.75) is 6.42 Å². The van der Waals surface area contributed by atoms with Crippen molar-refractivity contribution in [2.24, 2.45) is 0 Å². The second kappa shape index (κ2) is 3.79. The summed E-state index contributed by atoms with van der Waals surface area (Å²) in [5, 5.41) is 2.15. The zero-order valence-corrected chi connectivity index (χ0v) is 8.46. The van der Waals surface area contributed by atoms with E-state index in [2.05, 4.69) is 11.1 Å². The van der Waals surface area contributed by atoms with E-state index in [1.807, 2.05) is 6.08 Å². The normalized spacial score (nSPS) is 15.9. The van der Waals surface area contributed by atoms with Gasteiger partial charge in [-0.15, -0.1) is 11.3 Å². The van der Waals surface area contributed by atoms with Crippen molar-refractivity contribution in [3.63, 3.8) is 0 Å². The van der Waals surface area contributed by atoms with Gasteiger partial charge < -0.3 is 10.6 Å². The van der Waals surface area contributed by atoms with E-state index in [1.165, 1.54) is 11.3 Å². The number of nitrogens with zero attached hydrogens (tertiary/aromatic N) is 2. The molecule has 0 bridgehead atoms. The summed E-state index contributed by atoms with van der Waals surface area (Å²) < 4.78 is 0. The molecule has 5 heteroatoms. The number of nitrogen functional groups attached to an aromatic ring is 1. The summed E-state index contributed by atoms with van der Waals surface area (Å²) in [6.45, 7) is 1.45. The lowest BCUT2D eigenvalue weighted by Crippen LogP contribution is -2.33. The number of hydrogen-bond acceptors (Lipinski definition) is 4. The lowest BCUT2D eigenvalue weighted by Gasteiger charge is -2.22. The van der Waals surface area contributed by atoms with Gasteiger partial charge in [0.25, 0.3) is 5.91 Å². The van der Waals surface area contributed by atoms with Crippen LogP contribution in [-0.4, -0.2) is 28.9 Å². The molecule has 2 rings (SSSR count). The van der Waals surface area contributed by atoms with E-state index in [0.717, 1.165) is 13.0 Å². The maximum Gasteiger partial charge on any atom is 0.273 e. The minimum absolute atomic E-state index is 0.0256. The predicted molar refractivity (Wildman–Crippen MR) is 56.2 cm³/mol. The van der Waals surface area contributed by atoms with Crippen LogP contribution in [0, 0.1) is 0 Å². The molecule has 1 aliphatic rings. The van der Waals surface area contributed by atoms with Gasteiger partial charge in [0.1, 0.15) is 5.69 Å². The van der Waals surface area contributed by atoms with Gasteiger partial charge in [0.05, 0.1) is 0 Å². The Morgan fingerprint density at radius 2 is 2.43 bits per heavy atom. The largest absolute Gasteiger partial charge is 0.375 e. The number of thiazole rings is 1. The van der Waals surface area contributed by atoms with E-state index < -0.39 is 0 Å². The fourth-order valence-corrected chi connectivity index (χ4v) is 1.91. The van der Waals surface area contributed by atoms with Crippen LogP contribution in [0.5, 0.6) is 0 Å². The van der Waals surface area contributed by atoms with Crippen molar-refractivity contribution >= 4 is 22.4 Å². The second-order valence-corrected chi connectivity index (χ2v) is 3.97. The van der Waals surface area contributed by atoms with Crippen LogP contribution in [0.4, 0.5) is 5.13 Å². The van der Waals surface area contributed by atoms with E-state index in [-0.39, 0.29) is 5.91 Å². The van der Waals surface area contributed by atoms with Gasteiger partial charge in [0, 0.05) is 18.5 Å². The summed E-state index contributed by atoms with van der Waals surface area (Å²) >= 11 is 1.30. The molecule has 14 heavy (non-hydrogen) atoms. The van der Waals surface area contributed by atoms with E-state index >= 15 is 0 Å². The van der Waals surface area contributed by atoms with Crippen LogP contribution in [0.2, 0.25) is 0 Å². The van der Waals surface area contributed by atoms with Crippen LogP contribution >= 0.6 is 11.3 Å². The Balaban J connectivity index is 2.11. The lowest BCUT2D eigenvalue weighted by molar-refractivity contribution is 0.0766. The molecule has 1 aromatic heterocycles. The number of carbonyl (C=O) groups is 1. The van der Waals surface area contributed by atoms with Crippen LogP contribution in [-0.2, 0) is 0 Å². The third kappa shape index (κ3) is 1.77. The van der Waals surface area contributed by atoms with Gasteiger partial charge in [0.2, 0.25) is 0 Å². The van der Waals surface area contributed by atoms with Gasteiger partial charge in [0.15, 0.2) is 5.13 Å². The van der Waals surface area contributed by atoms with Gasteiger partial charge in [-0.05, 0) is 6.42 Å². The van der Waals surface area contributed by atoms with Crippen LogP contribution in [0.25, 0.3) is 0 Å². The molecular weight excluding hydrogens is 198 g/mol. The number of amides is 1. The average Bonchev–Trinajstić information content (AvgIpc) is 2.65. The highest BCUT2D eigenvalue weighted by atomic mass is 32.1. The molecule has 0 aromatic carbocycles. The zero-order chi connectivity index (χ0) is 9.97. The van der Waals surface area contributed by atoms with Gasteiger partial charge in [-0.1, -0.05) is 12.2 Å². The fourth-order valence-electron chi connectivity index (χ4n) is 1.37. The molecule has 0 saturated carbocycles. The highest BCUT2D eigenvalue weighted by molar-refractivity contribution is 7.13. The average molecular weight is 209 g/mol. The van der Waals surface area contributed by atoms with E-state index in [1.54, 1.807) is 10.3 Å². The number of carbonyl (C=O) groups excluding carboxylic acids is 1. The van der Waals surface area contributed by atoms with Gasteiger partial charge >= 0.3 is 0 Å². The maximum absolute atomic E-state index is 11.8. The number of rotatable bonds is 1. The molecule has 4 nitrogen and oxygen atoms in total. The minimum Gasteiger partial charge on any atom is -0.375 e. The molecule has 0 aliphatic carbocycles. The molecule has 0 saturated heterocycles. The van der Waals surface area contributed by atoms with Crippen molar-refractivity contribution in [3.8, 4) is 0 Å². The molecule has 0 spiro atoms. The van der Waals surface area contributed by atoms with Crippen LogP contribution in [0.1, 0.15) is 16.9 Å². The summed E-state index contributed by atoms with van der Waals surface area (Å²) in [5.74, 6) is -0.0256. The quantitative estimate of drug-likeness (QED) is 0.705. The Hall–Kier alpha value is -1.36. The number of nitrogens with two attached hydrogens (primary N) is 1. The van der Waals surface area contributed by atoms with Crippen molar-refractivity contribution in [2.75, 3.05) is 18.8 Å².